The van der Waals surface area contributed by atoms with Crippen LogP contribution in [0.1, 0.15) is 31.7 Å². The molecule has 0 aromatic carbocycles. The maximum atomic E-state index is 12.2. The number of amides is 1. The molecule has 0 spiro atoms. The van der Waals surface area contributed by atoms with E-state index in [-0.39, 0.29) is 17.3 Å². The molecule has 1 amide bonds. The maximum absolute atomic E-state index is 12.2. The van der Waals surface area contributed by atoms with Crippen LogP contribution in [0.25, 0.3) is 0 Å². The molecule has 1 saturated heterocycles. The molecule has 3 rings (SSSR count). The van der Waals surface area contributed by atoms with E-state index in [1.165, 1.54) is 18.0 Å². The predicted molar refractivity (Wildman–Crippen MR) is 87.5 cm³/mol. The van der Waals surface area contributed by atoms with E-state index in [4.69, 9.17) is 16.3 Å². The van der Waals surface area contributed by atoms with Gasteiger partial charge >= 0.3 is 0 Å². The Bertz CT molecular complexity index is 672. The number of thioether (sulfide) groups is 1. The number of carbonyl (C=O) groups excluding carboxylic acids is 1. The standard InChI is InChI=1S/C14H16ClN5O2S/c1-8(13(21)17-11-5-4-9(15)7-16-11)23-14-18-12(19-20-14)10-3-2-6-22-10/h4-5,7-8,10H,2-3,6H2,1H3,(H,16,17,21)(H,18,19,20)/t8-,10+/m0/s1. The molecule has 1 fully saturated rings. The highest BCUT2D eigenvalue weighted by Gasteiger charge is 2.23. The first-order valence-corrected chi connectivity index (χ1v) is 8.50. The molecule has 3 heterocycles. The van der Waals surface area contributed by atoms with Crippen LogP contribution in [0.15, 0.2) is 23.5 Å². The molecule has 2 N–H and O–H groups in total. The summed E-state index contributed by atoms with van der Waals surface area (Å²) >= 11 is 7.04. The van der Waals surface area contributed by atoms with Gasteiger partial charge in [-0.1, -0.05) is 23.4 Å². The van der Waals surface area contributed by atoms with Gasteiger partial charge in [-0.3, -0.25) is 9.89 Å². The summed E-state index contributed by atoms with van der Waals surface area (Å²) < 4.78 is 5.55. The third-order valence-electron chi connectivity index (χ3n) is 3.35. The average Bonchev–Trinajstić information content (AvgIpc) is 3.20. The van der Waals surface area contributed by atoms with Crippen LogP contribution in [0.4, 0.5) is 5.82 Å². The van der Waals surface area contributed by atoms with Gasteiger partial charge in [0, 0.05) is 12.8 Å². The monoisotopic (exact) mass is 353 g/mol. The molecule has 2 aromatic rings. The number of hydrogen-bond acceptors (Lipinski definition) is 6. The maximum Gasteiger partial charge on any atom is 0.238 e. The van der Waals surface area contributed by atoms with E-state index in [0.717, 1.165) is 25.3 Å². The van der Waals surface area contributed by atoms with Crippen LogP contribution in [-0.4, -0.2) is 37.9 Å². The Morgan fingerprint density at radius 1 is 1.57 bits per heavy atom. The van der Waals surface area contributed by atoms with E-state index in [2.05, 4.69) is 25.5 Å². The van der Waals surface area contributed by atoms with Crippen LogP contribution in [0.5, 0.6) is 0 Å². The predicted octanol–water partition coefficient (Wildman–Crippen LogP) is 2.82. The van der Waals surface area contributed by atoms with Crippen LogP contribution in [-0.2, 0) is 9.53 Å². The minimum Gasteiger partial charge on any atom is -0.370 e. The van der Waals surface area contributed by atoms with Gasteiger partial charge in [0.1, 0.15) is 11.9 Å². The van der Waals surface area contributed by atoms with Gasteiger partial charge in [-0.05, 0) is 31.9 Å². The summed E-state index contributed by atoms with van der Waals surface area (Å²) in [7, 11) is 0. The van der Waals surface area contributed by atoms with Crippen molar-refractivity contribution >= 4 is 35.1 Å². The zero-order valence-corrected chi connectivity index (χ0v) is 14.0. The average molecular weight is 354 g/mol. The Hall–Kier alpha value is -1.64. The molecule has 0 radical (unpaired) electrons. The van der Waals surface area contributed by atoms with Crippen molar-refractivity contribution in [3.8, 4) is 0 Å². The molecule has 0 aliphatic carbocycles. The molecule has 9 heteroatoms. The highest BCUT2D eigenvalue weighted by atomic mass is 35.5. The number of pyridine rings is 1. The molecule has 1 aliphatic heterocycles. The van der Waals surface area contributed by atoms with Gasteiger partial charge in [0.2, 0.25) is 11.1 Å². The van der Waals surface area contributed by atoms with E-state index < -0.39 is 0 Å². The van der Waals surface area contributed by atoms with E-state index >= 15 is 0 Å². The van der Waals surface area contributed by atoms with E-state index in [1.54, 1.807) is 19.1 Å². The number of anilines is 1. The van der Waals surface area contributed by atoms with Gasteiger partial charge in [-0.2, -0.15) is 0 Å². The van der Waals surface area contributed by atoms with Crippen molar-refractivity contribution in [2.45, 2.75) is 36.3 Å². The highest BCUT2D eigenvalue weighted by molar-refractivity contribution is 8.00. The van der Waals surface area contributed by atoms with Gasteiger partial charge in [0.25, 0.3) is 0 Å². The lowest BCUT2D eigenvalue weighted by molar-refractivity contribution is -0.115. The fraction of sp³-hybridized carbons (Fsp3) is 0.429. The molecule has 122 valence electrons. The molecule has 0 unspecified atom stereocenters. The normalized spacial score (nSPS) is 18.8. The summed E-state index contributed by atoms with van der Waals surface area (Å²) in [5.41, 5.74) is 0. The largest absolute Gasteiger partial charge is 0.370 e. The zero-order valence-electron chi connectivity index (χ0n) is 12.5. The van der Waals surface area contributed by atoms with Crippen LogP contribution in [0, 0.1) is 0 Å². The van der Waals surface area contributed by atoms with Crippen molar-refractivity contribution in [3.63, 3.8) is 0 Å². The fourth-order valence-corrected chi connectivity index (χ4v) is 2.98. The minimum atomic E-state index is -0.361. The lowest BCUT2D eigenvalue weighted by Crippen LogP contribution is -2.23. The number of ether oxygens (including phenoxy) is 1. The molecule has 0 bridgehead atoms. The summed E-state index contributed by atoms with van der Waals surface area (Å²) in [5, 5.41) is 10.4. The zero-order chi connectivity index (χ0) is 16.2. The summed E-state index contributed by atoms with van der Waals surface area (Å²) in [6.07, 6.45) is 3.44. The second-order valence-electron chi connectivity index (χ2n) is 5.12. The lowest BCUT2D eigenvalue weighted by Gasteiger charge is -2.09. The van der Waals surface area contributed by atoms with Gasteiger partial charge in [0.15, 0.2) is 5.82 Å². The number of nitrogens with zero attached hydrogens (tertiary/aromatic N) is 3. The first kappa shape index (κ1) is 16.2. The lowest BCUT2D eigenvalue weighted by atomic mass is 10.2. The minimum absolute atomic E-state index is 0.0146. The summed E-state index contributed by atoms with van der Waals surface area (Å²) in [6.45, 7) is 2.54. The van der Waals surface area contributed by atoms with Crippen molar-refractivity contribution in [3.05, 3.63) is 29.2 Å². The van der Waals surface area contributed by atoms with Crippen LogP contribution in [0.3, 0.4) is 0 Å². The first-order chi connectivity index (χ1) is 11.1. The Kier molecular flexibility index (Phi) is 5.14. The van der Waals surface area contributed by atoms with Crippen molar-refractivity contribution in [1.29, 1.82) is 0 Å². The third-order valence-corrected chi connectivity index (χ3v) is 4.53. The van der Waals surface area contributed by atoms with Crippen molar-refractivity contribution in [2.24, 2.45) is 0 Å². The SMILES string of the molecule is C[C@H](Sc1n[nH]c([C@H]2CCCO2)n1)C(=O)Nc1ccc(Cl)cn1. The van der Waals surface area contributed by atoms with E-state index in [9.17, 15) is 4.79 Å². The number of hydrogen-bond donors (Lipinski definition) is 2. The molecular formula is C14H16ClN5O2S. The number of halogens is 1. The Morgan fingerprint density at radius 2 is 2.43 bits per heavy atom. The Balaban J connectivity index is 1.56. The summed E-state index contributed by atoms with van der Waals surface area (Å²) in [6, 6.07) is 3.32. The van der Waals surface area contributed by atoms with Crippen LogP contribution >= 0.6 is 23.4 Å². The van der Waals surface area contributed by atoms with Gasteiger partial charge in [-0.25, -0.2) is 9.97 Å². The third kappa shape index (κ3) is 4.21. The van der Waals surface area contributed by atoms with Gasteiger partial charge < -0.3 is 10.1 Å². The van der Waals surface area contributed by atoms with Gasteiger partial charge in [0.05, 0.1) is 10.3 Å². The number of H-pyrrole nitrogens is 1. The smallest absolute Gasteiger partial charge is 0.238 e. The quantitative estimate of drug-likeness (QED) is 0.803. The van der Waals surface area contributed by atoms with E-state index in [1.807, 2.05) is 0 Å². The number of aromatic nitrogens is 4. The summed E-state index contributed by atoms with van der Waals surface area (Å²) in [5.74, 6) is 1.01. The van der Waals surface area contributed by atoms with Crippen molar-refractivity contribution in [1.82, 2.24) is 20.2 Å². The molecule has 2 aromatic heterocycles. The molecule has 7 nitrogen and oxygen atoms in total. The number of nitrogens with one attached hydrogen (secondary N) is 2. The van der Waals surface area contributed by atoms with E-state index in [0.29, 0.717) is 16.0 Å². The first-order valence-electron chi connectivity index (χ1n) is 7.25. The molecule has 1 aliphatic rings. The highest BCUT2D eigenvalue weighted by Crippen LogP contribution is 2.28. The second-order valence-corrected chi connectivity index (χ2v) is 6.86. The summed E-state index contributed by atoms with van der Waals surface area (Å²) in [4.78, 5) is 20.6. The van der Waals surface area contributed by atoms with Gasteiger partial charge in [-0.15, -0.1) is 5.10 Å². The molecule has 23 heavy (non-hydrogen) atoms. The number of aromatic amines is 1. The molecule has 2 atom stereocenters. The van der Waals surface area contributed by atoms with Crippen molar-refractivity contribution < 1.29 is 9.53 Å². The van der Waals surface area contributed by atoms with Crippen LogP contribution in [0.2, 0.25) is 5.02 Å². The Morgan fingerprint density at radius 3 is 3.13 bits per heavy atom. The van der Waals surface area contributed by atoms with Crippen molar-refractivity contribution in [2.75, 3.05) is 11.9 Å². The number of rotatable bonds is 5. The second kappa shape index (κ2) is 7.29. The molecular weight excluding hydrogens is 338 g/mol. The number of carbonyl (C=O) groups is 1. The van der Waals surface area contributed by atoms with Crippen LogP contribution < -0.4 is 5.32 Å². The fourth-order valence-electron chi connectivity index (χ4n) is 2.14. The Labute approximate surface area is 142 Å². The topological polar surface area (TPSA) is 92.8 Å². The molecule has 0 saturated carbocycles.